The Labute approximate surface area is 143 Å². The molecule has 1 heterocycles. The third-order valence-electron chi connectivity index (χ3n) is 4.35. The normalized spacial score (nSPS) is 15.5. The molecular weight excluding hydrogens is 300 g/mol. The molecule has 0 aromatic heterocycles. The van der Waals surface area contributed by atoms with Gasteiger partial charge in [0.05, 0.1) is 18.8 Å². The van der Waals surface area contributed by atoms with Crippen molar-refractivity contribution in [2.24, 2.45) is 0 Å². The monoisotopic (exact) mass is 325 g/mol. The Morgan fingerprint density at radius 1 is 0.917 bits per heavy atom. The third kappa shape index (κ3) is 4.83. The van der Waals surface area contributed by atoms with Crippen LogP contribution in [0.5, 0.6) is 11.5 Å². The summed E-state index contributed by atoms with van der Waals surface area (Å²) in [5.41, 5.74) is 0.723. The highest BCUT2D eigenvalue weighted by molar-refractivity contribution is 5.93. The SMILES string of the molecule is O=C(C[NH+]1CCCCCC1)Nc1ccccc1Oc1ccccc1. The molecule has 2 aromatic rings. The fourth-order valence-electron chi connectivity index (χ4n) is 3.10. The van der Waals surface area contributed by atoms with E-state index >= 15 is 0 Å². The van der Waals surface area contributed by atoms with Gasteiger partial charge in [-0.15, -0.1) is 0 Å². The van der Waals surface area contributed by atoms with Gasteiger partial charge in [-0.05, 0) is 49.9 Å². The number of carbonyl (C=O) groups is 1. The first-order valence-corrected chi connectivity index (χ1v) is 8.76. The fourth-order valence-corrected chi connectivity index (χ4v) is 3.10. The summed E-state index contributed by atoms with van der Waals surface area (Å²) in [4.78, 5) is 13.8. The number of nitrogens with one attached hydrogen (secondary N) is 2. The number of carbonyl (C=O) groups excluding carboxylic acids is 1. The number of hydrogen-bond acceptors (Lipinski definition) is 2. The van der Waals surface area contributed by atoms with E-state index < -0.39 is 0 Å². The minimum atomic E-state index is 0.0519. The van der Waals surface area contributed by atoms with Crippen molar-refractivity contribution in [3.05, 3.63) is 54.6 Å². The zero-order chi connectivity index (χ0) is 16.6. The van der Waals surface area contributed by atoms with Crippen molar-refractivity contribution < 1.29 is 14.4 Å². The van der Waals surface area contributed by atoms with Gasteiger partial charge in [-0.2, -0.15) is 0 Å². The second kappa shape index (κ2) is 8.50. The molecule has 0 radical (unpaired) electrons. The van der Waals surface area contributed by atoms with Crippen LogP contribution in [0.15, 0.2) is 54.6 Å². The van der Waals surface area contributed by atoms with E-state index in [-0.39, 0.29) is 5.91 Å². The molecule has 0 spiro atoms. The van der Waals surface area contributed by atoms with Crippen molar-refractivity contribution in [1.29, 1.82) is 0 Å². The van der Waals surface area contributed by atoms with Crippen LogP contribution in [0.25, 0.3) is 0 Å². The predicted octanol–water partition coefficient (Wildman–Crippen LogP) is 2.88. The maximum atomic E-state index is 12.4. The van der Waals surface area contributed by atoms with E-state index in [0.717, 1.165) is 24.5 Å². The van der Waals surface area contributed by atoms with Gasteiger partial charge in [-0.1, -0.05) is 30.3 Å². The van der Waals surface area contributed by atoms with Crippen LogP contribution in [0, 0.1) is 0 Å². The van der Waals surface area contributed by atoms with Gasteiger partial charge in [0.1, 0.15) is 5.75 Å². The first-order valence-electron chi connectivity index (χ1n) is 8.76. The standard InChI is InChI=1S/C20H24N2O2/c23-20(16-22-14-8-1-2-9-15-22)21-18-12-6-7-13-19(18)24-17-10-4-3-5-11-17/h3-7,10-13H,1-2,8-9,14-16H2,(H,21,23)/p+1. The minimum Gasteiger partial charge on any atom is -0.455 e. The molecule has 1 aliphatic rings. The Hall–Kier alpha value is -2.33. The smallest absolute Gasteiger partial charge is 0.279 e. The van der Waals surface area contributed by atoms with Crippen molar-refractivity contribution >= 4 is 11.6 Å². The van der Waals surface area contributed by atoms with Crippen LogP contribution < -0.4 is 15.0 Å². The summed E-state index contributed by atoms with van der Waals surface area (Å²) >= 11 is 0. The van der Waals surface area contributed by atoms with E-state index in [9.17, 15) is 4.79 Å². The molecule has 4 nitrogen and oxygen atoms in total. The Bertz CT molecular complexity index is 650. The van der Waals surface area contributed by atoms with E-state index in [0.29, 0.717) is 12.3 Å². The van der Waals surface area contributed by atoms with E-state index in [1.165, 1.54) is 30.6 Å². The lowest BCUT2D eigenvalue weighted by Gasteiger charge is -2.17. The number of quaternary nitrogens is 1. The van der Waals surface area contributed by atoms with Crippen LogP contribution in [0.2, 0.25) is 0 Å². The number of rotatable bonds is 5. The molecular formula is C20H25N2O2+. The quantitative estimate of drug-likeness (QED) is 0.888. The molecule has 126 valence electrons. The predicted molar refractivity (Wildman–Crippen MR) is 95.6 cm³/mol. The number of benzene rings is 2. The Morgan fingerprint density at radius 3 is 2.33 bits per heavy atom. The Morgan fingerprint density at radius 2 is 1.58 bits per heavy atom. The summed E-state index contributed by atoms with van der Waals surface area (Å²) in [7, 11) is 0. The van der Waals surface area contributed by atoms with Gasteiger partial charge in [0.2, 0.25) is 0 Å². The zero-order valence-corrected chi connectivity index (χ0v) is 14.0. The zero-order valence-electron chi connectivity index (χ0n) is 14.0. The summed E-state index contributed by atoms with van der Waals surface area (Å²) in [5, 5.41) is 3.01. The first kappa shape index (κ1) is 16.5. The highest BCUT2D eigenvalue weighted by atomic mass is 16.5. The first-order chi connectivity index (χ1) is 11.8. The number of para-hydroxylation sites is 3. The van der Waals surface area contributed by atoms with Gasteiger partial charge in [-0.25, -0.2) is 0 Å². The number of ether oxygens (including phenoxy) is 1. The van der Waals surface area contributed by atoms with E-state index in [4.69, 9.17) is 4.74 Å². The van der Waals surface area contributed by atoms with E-state index in [1.807, 2.05) is 54.6 Å². The molecule has 0 bridgehead atoms. The molecule has 2 N–H and O–H groups in total. The van der Waals surface area contributed by atoms with Gasteiger partial charge < -0.3 is 15.0 Å². The molecule has 1 fully saturated rings. The molecule has 1 amide bonds. The number of likely N-dealkylation sites (tertiary alicyclic amines) is 1. The van der Waals surface area contributed by atoms with Crippen LogP contribution in [0.1, 0.15) is 25.7 Å². The van der Waals surface area contributed by atoms with Gasteiger partial charge in [0, 0.05) is 0 Å². The maximum absolute atomic E-state index is 12.4. The molecule has 0 aliphatic carbocycles. The number of anilines is 1. The average Bonchev–Trinajstić information content (AvgIpc) is 2.86. The molecule has 1 aliphatic heterocycles. The summed E-state index contributed by atoms with van der Waals surface area (Å²) in [5.74, 6) is 1.48. The van der Waals surface area contributed by atoms with Crippen molar-refractivity contribution in [1.82, 2.24) is 0 Å². The molecule has 0 unspecified atom stereocenters. The molecule has 1 saturated heterocycles. The molecule has 3 rings (SSSR count). The minimum absolute atomic E-state index is 0.0519. The van der Waals surface area contributed by atoms with E-state index in [1.54, 1.807) is 0 Å². The summed E-state index contributed by atoms with van der Waals surface area (Å²) in [6.45, 7) is 2.71. The van der Waals surface area contributed by atoms with Crippen molar-refractivity contribution in [2.45, 2.75) is 25.7 Å². The highest BCUT2D eigenvalue weighted by Crippen LogP contribution is 2.28. The summed E-state index contributed by atoms with van der Waals surface area (Å²) < 4.78 is 5.90. The third-order valence-corrected chi connectivity index (χ3v) is 4.35. The second-order valence-electron chi connectivity index (χ2n) is 6.30. The van der Waals surface area contributed by atoms with Gasteiger partial charge in [-0.3, -0.25) is 4.79 Å². The lowest BCUT2D eigenvalue weighted by atomic mass is 10.2. The molecule has 0 atom stereocenters. The van der Waals surface area contributed by atoms with Gasteiger partial charge >= 0.3 is 0 Å². The lowest BCUT2D eigenvalue weighted by Crippen LogP contribution is -3.12. The van der Waals surface area contributed by atoms with Crippen LogP contribution >= 0.6 is 0 Å². The average molecular weight is 325 g/mol. The van der Waals surface area contributed by atoms with E-state index in [2.05, 4.69) is 5.32 Å². The molecule has 24 heavy (non-hydrogen) atoms. The van der Waals surface area contributed by atoms with Crippen molar-refractivity contribution in [3.8, 4) is 11.5 Å². The van der Waals surface area contributed by atoms with Crippen molar-refractivity contribution in [3.63, 3.8) is 0 Å². The Kier molecular flexibility index (Phi) is 5.85. The molecule has 4 heteroatoms. The van der Waals surface area contributed by atoms with Crippen LogP contribution in [-0.2, 0) is 4.79 Å². The van der Waals surface area contributed by atoms with Crippen LogP contribution in [-0.4, -0.2) is 25.5 Å². The van der Waals surface area contributed by atoms with Gasteiger partial charge in [0.15, 0.2) is 12.3 Å². The summed E-state index contributed by atoms with van der Waals surface area (Å²) in [6.07, 6.45) is 5.02. The van der Waals surface area contributed by atoms with Crippen LogP contribution in [0.4, 0.5) is 5.69 Å². The number of hydrogen-bond donors (Lipinski definition) is 2. The van der Waals surface area contributed by atoms with Crippen LogP contribution in [0.3, 0.4) is 0 Å². The van der Waals surface area contributed by atoms with Crippen molar-refractivity contribution in [2.75, 3.05) is 25.0 Å². The topological polar surface area (TPSA) is 42.8 Å². The fraction of sp³-hybridized carbons (Fsp3) is 0.350. The maximum Gasteiger partial charge on any atom is 0.279 e. The lowest BCUT2D eigenvalue weighted by molar-refractivity contribution is -0.890. The second-order valence-corrected chi connectivity index (χ2v) is 6.30. The molecule has 2 aromatic carbocycles. The highest BCUT2D eigenvalue weighted by Gasteiger charge is 2.17. The number of amides is 1. The molecule has 0 saturated carbocycles. The Balaban J connectivity index is 1.63. The largest absolute Gasteiger partial charge is 0.455 e. The summed E-state index contributed by atoms with van der Waals surface area (Å²) in [6, 6.07) is 17.2. The van der Waals surface area contributed by atoms with Gasteiger partial charge in [0.25, 0.3) is 5.91 Å².